The number of carbonyl (C=O) groups excluding carboxylic acids is 2. The zero-order valence-electron chi connectivity index (χ0n) is 20.0. The highest BCUT2D eigenvalue weighted by molar-refractivity contribution is 5.97. The van der Waals surface area contributed by atoms with Crippen LogP contribution < -0.4 is 19.5 Å². The Morgan fingerprint density at radius 1 is 0.970 bits per heavy atom. The van der Waals surface area contributed by atoms with E-state index >= 15 is 0 Å². The molecule has 0 unspecified atom stereocenters. The summed E-state index contributed by atoms with van der Waals surface area (Å²) in [6.45, 7) is 3.53. The molecule has 2 amide bonds. The van der Waals surface area contributed by atoms with E-state index in [4.69, 9.17) is 14.2 Å². The van der Waals surface area contributed by atoms with Crippen molar-refractivity contribution in [1.29, 1.82) is 0 Å². The highest BCUT2D eigenvalue weighted by atomic mass is 16.5. The smallest absolute Gasteiger partial charge is 0.251 e. The SMILES string of the molecule is COc1cc(C(=O)NCC(=O)N2CCC(CCc3ccc(C)cc3)CC2)cc(OC)c1OC. The van der Waals surface area contributed by atoms with E-state index < -0.39 is 0 Å². The molecule has 178 valence electrons. The number of rotatable bonds is 9. The van der Waals surface area contributed by atoms with Crippen LogP contribution in [0.25, 0.3) is 0 Å². The van der Waals surface area contributed by atoms with E-state index in [0.29, 0.717) is 28.7 Å². The van der Waals surface area contributed by atoms with Gasteiger partial charge in [0, 0.05) is 18.7 Å². The molecular weight excluding hydrogens is 420 g/mol. The van der Waals surface area contributed by atoms with Crippen LogP contribution in [0.2, 0.25) is 0 Å². The molecule has 2 aromatic rings. The third-order valence-corrected chi connectivity index (χ3v) is 6.26. The number of likely N-dealkylation sites (tertiary alicyclic amines) is 1. The van der Waals surface area contributed by atoms with Crippen molar-refractivity contribution in [3.63, 3.8) is 0 Å². The topological polar surface area (TPSA) is 77.1 Å². The summed E-state index contributed by atoms with van der Waals surface area (Å²) in [4.78, 5) is 27.1. The van der Waals surface area contributed by atoms with Gasteiger partial charge in [-0.3, -0.25) is 9.59 Å². The predicted octanol–water partition coefficient (Wildman–Crippen LogP) is 3.62. The number of aryl methyl sites for hydroxylation is 2. The fourth-order valence-electron chi connectivity index (χ4n) is 4.18. The van der Waals surface area contributed by atoms with E-state index in [-0.39, 0.29) is 18.4 Å². The van der Waals surface area contributed by atoms with Gasteiger partial charge in [-0.25, -0.2) is 0 Å². The Labute approximate surface area is 196 Å². The molecule has 0 saturated carbocycles. The molecule has 0 aliphatic carbocycles. The molecule has 7 nitrogen and oxygen atoms in total. The lowest BCUT2D eigenvalue weighted by atomic mass is 9.90. The Hall–Kier alpha value is -3.22. The minimum absolute atomic E-state index is 0.0382. The summed E-state index contributed by atoms with van der Waals surface area (Å²) in [5.41, 5.74) is 2.99. The zero-order valence-corrected chi connectivity index (χ0v) is 20.0. The number of nitrogens with one attached hydrogen (secondary N) is 1. The minimum atomic E-state index is -0.365. The Morgan fingerprint density at radius 3 is 2.12 bits per heavy atom. The standard InChI is InChI=1S/C26H34N2O5/c1-18-5-7-19(8-6-18)9-10-20-11-13-28(14-12-20)24(29)17-27-26(30)21-15-22(31-2)25(33-4)23(16-21)32-3/h5-8,15-16,20H,9-14,17H2,1-4H3,(H,27,30). The fraction of sp³-hybridized carbons (Fsp3) is 0.462. The molecule has 33 heavy (non-hydrogen) atoms. The second kappa shape index (κ2) is 11.6. The van der Waals surface area contributed by atoms with Crippen molar-refractivity contribution in [2.45, 2.75) is 32.6 Å². The third-order valence-electron chi connectivity index (χ3n) is 6.26. The molecule has 1 heterocycles. The number of hydrogen-bond acceptors (Lipinski definition) is 5. The second-order valence-electron chi connectivity index (χ2n) is 8.45. The van der Waals surface area contributed by atoms with Gasteiger partial charge in [-0.05, 0) is 56.2 Å². The lowest BCUT2D eigenvalue weighted by Crippen LogP contribution is -2.44. The van der Waals surface area contributed by atoms with E-state index in [0.717, 1.165) is 38.8 Å². The average molecular weight is 455 g/mol. The molecule has 0 radical (unpaired) electrons. The van der Waals surface area contributed by atoms with Crippen LogP contribution in [0.5, 0.6) is 17.2 Å². The lowest BCUT2D eigenvalue weighted by molar-refractivity contribution is -0.131. The highest BCUT2D eigenvalue weighted by Crippen LogP contribution is 2.38. The minimum Gasteiger partial charge on any atom is -0.493 e. The van der Waals surface area contributed by atoms with Crippen molar-refractivity contribution in [3.05, 3.63) is 53.1 Å². The van der Waals surface area contributed by atoms with E-state index in [1.165, 1.54) is 32.5 Å². The molecule has 3 rings (SSSR count). The summed E-state index contributed by atoms with van der Waals surface area (Å²) < 4.78 is 15.9. The Bertz CT molecular complexity index is 925. The first kappa shape index (κ1) is 24.4. The number of piperidine rings is 1. The number of methoxy groups -OCH3 is 3. The van der Waals surface area contributed by atoms with Gasteiger partial charge in [0.05, 0.1) is 27.9 Å². The van der Waals surface area contributed by atoms with Gasteiger partial charge in [-0.15, -0.1) is 0 Å². The molecule has 1 aliphatic heterocycles. The second-order valence-corrected chi connectivity index (χ2v) is 8.45. The van der Waals surface area contributed by atoms with Crippen LogP contribution in [-0.2, 0) is 11.2 Å². The average Bonchev–Trinajstić information content (AvgIpc) is 2.86. The van der Waals surface area contributed by atoms with Crippen LogP contribution in [0.3, 0.4) is 0 Å². The molecule has 2 aromatic carbocycles. The lowest BCUT2D eigenvalue weighted by Gasteiger charge is -2.32. The molecule has 0 atom stereocenters. The Kier molecular flexibility index (Phi) is 8.58. The third kappa shape index (κ3) is 6.40. The van der Waals surface area contributed by atoms with E-state index in [1.54, 1.807) is 12.1 Å². The van der Waals surface area contributed by atoms with Crippen LogP contribution in [0.4, 0.5) is 0 Å². The molecule has 7 heteroatoms. The monoisotopic (exact) mass is 454 g/mol. The maximum absolute atomic E-state index is 12.6. The first-order valence-electron chi connectivity index (χ1n) is 11.4. The zero-order chi connectivity index (χ0) is 23.8. The van der Waals surface area contributed by atoms with E-state index in [9.17, 15) is 9.59 Å². The van der Waals surface area contributed by atoms with Crippen LogP contribution in [0.15, 0.2) is 36.4 Å². The molecule has 1 aliphatic rings. The number of nitrogens with zero attached hydrogens (tertiary/aromatic N) is 1. The van der Waals surface area contributed by atoms with E-state index in [1.807, 2.05) is 4.90 Å². The van der Waals surface area contributed by atoms with Gasteiger partial charge in [-0.1, -0.05) is 29.8 Å². The van der Waals surface area contributed by atoms with Gasteiger partial charge < -0.3 is 24.4 Å². The van der Waals surface area contributed by atoms with Crippen molar-refractivity contribution in [2.24, 2.45) is 5.92 Å². The number of hydrogen-bond donors (Lipinski definition) is 1. The normalized spacial score (nSPS) is 14.0. The highest BCUT2D eigenvalue weighted by Gasteiger charge is 2.23. The number of amides is 2. The largest absolute Gasteiger partial charge is 0.493 e. The van der Waals surface area contributed by atoms with Crippen LogP contribution >= 0.6 is 0 Å². The van der Waals surface area contributed by atoms with Gasteiger partial charge in [0.2, 0.25) is 11.7 Å². The molecule has 0 bridgehead atoms. The molecule has 1 N–H and O–H groups in total. The first-order chi connectivity index (χ1) is 15.9. The van der Waals surface area contributed by atoms with Gasteiger partial charge >= 0.3 is 0 Å². The molecular formula is C26H34N2O5. The summed E-state index contributed by atoms with van der Waals surface area (Å²) in [6, 6.07) is 11.8. The maximum Gasteiger partial charge on any atom is 0.251 e. The van der Waals surface area contributed by atoms with Crippen LogP contribution in [-0.4, -0.2) is 57.7 Å². The summed E-state index contributed by atoms with van der Waals surface area (Å²) in [5.74, 6) is 1.40. The van der Waals surface area contributed by atoms with Crippen LogP contribution in [0.1, 0.15) is 40.7 Å². The predicted molar refractivity (Wildman–Crippen MR) is 127 cm³/mol. The summed E-state index contributed by atoms with van der Waals surface area (Å²) in [6.07, 6.45) is 4.21. The first-order valence-corrected chi connectivity index (χ1v) is 11.4. The number of benzene rings is 2. The van der Waals surface area contributed by atoms with Crippen LogP contribution in [0, 0.1) is 12.8 Å². The van der Waals surface area contributed by atoms with Crippen molar-refractivity contribution in [2.75, 3.05) is 41.0 Å². The number of carbonyl (C=O) groups is 2. The van der Waals surface area contributed by atoms with Gasteiger partial charge in [-0.2, -0.15) is 0 Å². The fourth-order valence-corrected chi connectivity index (χ4v) is 4.18. The maximum atomic E-state index is 12.6. The summed E-state index contributed by atoms with van der Waals surface area (Å²) in [5, 5.41) is 2.72. The van der Waals surface area contributed by atoms with Crippen molar-refractivity contribution >= 4 is 11.8 Å². The number of ether oxygens (including phenoxy) is 3. The van der Waals surface area contributed by atoms with Crippen molar-refractivity contribution in [3.8, 4) is 17.2 Å². The van der Waals surface area contributed by atoms with Gasteiger partial charge in [0.15, 0.2) is 11.5 Å². The molecule has 1 saturated heterocycles. The van der Waals surface area contributed by atoms with Gasteiger partial charge in [0.25, 0.3) is 5.91 Å². The molecule has 0 aromatic heterocycles. The summed E-state index contributed by atoms with van der Waals surface area (Å²) in [7, 11) is 4.49. The van der Waals surface area contributed by atoms with Gasteiger partial charge in [0.1, 0.15) is 0 Å². The van der Waals surface area contributed by atoms with Crippen molar-refractivity contribution in [1.82, 2.24) is 10.2 Å². The summed E-state index contributed by atoms with van der Waals surface area (Å²) >= 11 is 0. The quantitative estimate of drug-likeness (QED) is 0.626. The Balaban J connectivity index is 1.46. The molecule has 0 spiro atoms. The van der Waals surface area contributed by atoms with Crippen molar-refractivity contribution < 1.29 is 23.8 Å². The molecule has 1 fully saturated rings. The van der Waals surface area contributed by atoms with E-state index in [2.05, 4.69) is 36.5 Å². The Morgan fingerprint density at radius 2 is 1.58 bits per heavy atom.